The first-order valence-electron chi connectivity index (χ1n) is 8.33. The van der Waals surface area contributed by atoms with E-state index in [1.54, 1.807) is 0 Å². The normalized spacial score (nSPS) is 10.4. The molecule has 2 nitrogen and oxygen atoms in total. The van der Waals surface area contributed by atoms with Gasteiger partial charge in [-0.05, 0) is 47.5 Å². The average Bonchev–Trinajstić information content (AvgIpc) is 2.71. The van der Waals surface area contributed by atoms with E-state index >= 15 is 0 Å². The van der Waals surface area contributed by atoms with Gasteiger partial charge in [-0.3, -0.25) is 4.90 Å². The van der Waals surface area contributed by atoms with Crippen molar-refractivity contribution in [2.75, 3.05) is 4.90 Å². The molecule has 1 heterocycles. The molecule has 0 amide bonds. The maximum Gasteiger partial charge on any atom is 0.137 e. The Labute approximate surface area is 148 Å². The Morgan fingerprint density at radius 2 is 1.04 bits per heavy atom. The molecular formula is C23H18N2. The van der Waals surface area contributed by atoms with Crippen LogP contribution < -0.4 is 4.90 Å². The Bertz CT molecular complexity index is 878. The van der Waals surface area contributed by atoms with Crippen molar-refractivity contribution in [2.45, 2.75) is 0 Å². The van der Waals surface area contributed by atoms with E-state index in [1.165, 1.54) is 11.1 Å². The van der Waals surface area contributed by atoms with Crippen molar-refractivity contribution >= 4 is 17.2 Å². The van der Waals surface area contributed by atoms with Crippen LogP contribution in [0, 0.1) is 0 Å². The van der Waals surface area contributed by atoms with Crippen LogP contribution in [0.25, 0.3) is 11.1 Å². The summed E-state index contributed by atoms with van der Waals surface area (Å²) in [5, 5.41) is 0. The van der Waals surface area contributed by atoms with Gasteiger partial charge in [-0.1, -0.05) is 66.7 Å². The van der Waals surface area contributed by atoms with Crippen molar-refractivity contribution in [3.8, 4) is 11.1 Å². The highest BCUT2D eigenvalue weighted by Crippen LogP contribution is 2.33. The third kappa shape index (κ3) is 3.29. The van der Waals surface area contributed by atoms with Crippen LogP contribution in [0.15, 0.2) is 109 Å². The maximum absolute atomic E-state index is 4.54. The van der Waals surface area contributed by atoms with E-state index in [9.17, 15) is 0 Å². The van der Waals surface area contributed by atoms with Gasteiger partial charge in [0.15, 0.2) is 0 Å². The van der Waals surface area contributed by atoms with Gasteiger partial charge >= 0.3 is 0 Å². The zero-order valence-electron chi connectivity index (χ0n) is 13.8. The van der Waals surface area contributed by atoms with E-state index in [0.29, 0.717) is 0 Å². The second-order valence-electron chi connectivity index (χ2n) is 5.77. The fraction of sp³-hybridized carbons (Fsp3) is 0. The highest BCUT2D eigenvalue weighted by molar-refractivity contribution is 5.76. The summed E-state index contributed by atoms with van der Waals surface area (Å²) in [5.74, 6) is 0.904. The molecule has 120 valence electrons. The van der Waals surface area contributed by atoms with Crippen molar-refractivity contribution in [3.63, 3.8) is 0 Å². The molecule has 0 saturated heterocycles. The maximum atomic E-state index is 4.54. The molecule has 0 bridgehead atoms. The number of hydrogen-bond acceptors (Lipinski definition) is 2. The molecule has 4 rings (SSSR count). The Morgan fingerprint density at radius 3 is 1.68 bits per heavy atom. The minimum absolute atomic E-state index is 0.904. The van der Waals surface area contributed by atoms with Crippen LogP contribution in [0.5, 0.6) is 0 Å². The van der Waals surface area contributed by atoms with Gasteiger partial charge in [-0.15, -0.1) is 0 Å². The van der Waals surface area contributed by atoms with Crippen molar-refractivity contribution in [1.82, 2.24) is 4.98 Å². The summed E-state index contributed by atoms with van der Waals surface area (Å²) < 4.78 is 0. The predicted molar refractivity (Wildman–Crippen MR) is 104 cm³/mol. The predicted octanol–water partition coefficient (Wildman–Crippen LogP) is 6.22. The van der Waals surface area contributed by atoms with Gasteiger partial charge in [0.2, 0.25) is 0 Å². The van der Waals surface area contributed by atoms with E-state index in [2.05, 4.69) is 70.5 Å². The molecule has 0 saturated carbocycles. The monoisotopic (exact) mass is 322 g/mol. The SMILES string of the molecule is c1ccc(-c2ccc(N(c3ccccc3)c3ccccn3)cc2)cc1. The van der Waals surface area contributed by atoms with Crippen LogP contribution in [-0.4, -0.2) is 4.98 Å². The Balaban J connectivity index is 1.75. The largest absolute Gasteiger partial charge is 0.295 e. The standard InChI is InChI=1S/C23H18N2/c1-3-9-19(10-4-1)20-14-16-22(17-15-20)25(21-11-5-2-6-12-21)23-13-7-8-18-24-23/h1-18H. The van der Waals surface area contributed by atoms with Crippen molar-refractivity contribution in [3.05, 3.63) is 109 Å². The molecule has 0 spiro atoms. The number of para-hydroxylation sites is 1. The second kappa shape index (κ2) is 7.02. The molecule has 0 radical (unpaired) electrons. The first-order valence-corrected chi connectivity index (χ1v) is 8.33. The summed E-state index contributed by atoms with van der Waals surface area (Å²) in [7, 11) is 0. The van der Waals surface area contributed by atoms with Gasteiger partial charge < -0.3 is 0 Å². The molecule has 4 aromatic rings. The molecule has 2 heteroatoms. The molecule has 0 fully saturated rings. The highest BCUT2D eigenvalue weighted by Gasteiger charge is 2.12. The van der Waals surface area contributed by atoms with E-state index in [4.69, 9.17) is 0 Å². The Hall–Kier alpha value is -3.39. The first-order chi connectivity index (χ1) is 12.4. The van der Waals surface area contributed by atoms with Gasteiger partial charge in [0, 0.05) is 17.6 Å². The molecule has 0 N–H and O–H groups in total. The minimum atomic E-state index is 0.904. The van der Waals surface area contributed by atoms with E-state index in [0.717, 1.165) is 17.2 Å². The van der Waals surface area contributed by atoms with E-state index < -0.39 is 0 Å². The zero-order valence-corrected chi connectivity index (χ0v) is 13.8. The summed E-state index contributed by atoms with van der Waals surface area (Å²) in [6.45, 7) is 0. The number of aromatic nitrogens is 1. The summed E-state index contributed by atoms with van der Waals surface area (Å²) in [6.07, 6.45) is 1.82. The number of nitrogens with zero attached hydrogens (tertiary/aromatic N) is 2. The third-order valence-electron chi connectivity index (χ3n) is 4.13. The Kier molecular flexibility index (Phi) is 4.25. The molecule has 0 aliphatic heterocycles. The summed E-state index contributed by atoms with van der Waals surface area (Å²) >= 11 is 0. The summed E-state index contributed by atoms with van der Waals surface area (Å²) in [4.78, 5) is 6.70. The smallest absolute Gasteiger partial charge is 0.137 e. The molecule has 0 aliphatic carbocycles. The second-order valence-corrected chi connectivity index (χ2v) is 5.77. The number of rotatable bonds is 4. The highest BCUT2D eigenvalue weighted by atomic mass is 15.2. The van der Waals surface area contributed by atoms with Crippen molar-refractivity contribution in [2.24, 2.45) is 0 Å². The fourth-order valence-electron chi connectivity index (χ4n) is 2.91. The molecule has 0 aliphatic rings. The van der Waals surface area contributed by atoms with Crippen molar-refractivity contribution < 1.29 is 0 Å². The number of pyridine rings is 1. The molecular weight excluding hydrogens is 304 g/mol. The fourth-order valence-corrected chi connectivity index (χ4v) is 2.91. The Morgan fingerprint density at radius 1 is 0.480 bits per heavy atom. The summed E-state index contributed by atoms with van der Waals surface area (Å²) in [5.41, 5.74) is 4.61. The number of benzene rings is 3. The molecule has 0 atom stereocenters. The lowest BCUT2D eigenvalue weighted by Crippen LogP contribution is -2.11. The topological polar surface area (TPSA) is 16.1 Å². The lowest BCUT2D eigenvalue weighted by atomic mass is 10.1. The average molecular weight is 322 g/mol. The van der Waals surface area contributed by atoms with Gasteiger partial charge in [0.25, 0.3) is 0 Å². The van der Waals surface area contributed by atoms with Crippen LogP contribution in [0.2, 0.25) is 0 Å². The van der Waals surface area contributed by atoms with Gasteiger partial charge in [-0.2, -0.15) is 0 Å². The quantitative estimate of drug-likeness (QED) is 0.443. The van der Waals surface area contributed by atoms with Crippen LogP contribution >= 0.6 is 0 Å². The van der Waals surface area contributed by atoms with Gasteiger partial charge in [0.1, 0.15) is 5.82 Å². The molecule has 0 unspecified atom stereocenters. The van der Waals surface area contributed by atoms with Crippen LogP contribution in [0.1, 0.15) is 0 Å². The molecule has 25 heavy (non-hydrogen) atoms. The first kappa shape index (κ1) is 15.2. The van der Waals surface area contributed by atoms with Gasteiger partial charge in [0.05, 0.1) is 0 Å². The summed E-state index contributed by atoms with van der Waals surface area (Å²) in [6, 6.07) is 35.3. The number of anilines is 3. The van der Waals surface area contributed by atoms with E-state index in [-0.39, 0.29) is 0 Å². The molecule has 1 aromatic heterocycles. The third-order valence-corrected chi connectivity index (χ3v) is 4.13. The van der Waals surface area contributed by atoms with Crippen LogP contribution in [-0.2, 0) is 0 Å². The number of hydrogen-bond donors (Lipinski definition) is 0. The lowest BCUT2D eigenvalue weighted by Gasteiger charge is -2.24. The molecule has 3 aromatic carbocycles. The minimum Gasteiger partial charge on any atom is -0.295 e. The van der Waals surface area contributed by atoms with Crippen LogP contribution in [0.3, 0.4) is 0 Å². The van der Waals surface area contributed by atoms with Crippen LogP contribution in [0.4, 0.5) is 17.2 Å². The lowest BCUT2D eigenvalue weighted by molar-refractivity contribution is 1.18. The van der Waals surface area contributed by atoms with Gasteiger partial charge in [-0.25, -0.2) is 4.98 Å². The van der Waals surface area contributed by atoms with E-state index in [1.807, 2.05) is 48.7 Å². The zero-order chi connectivity index (χ0) is 16.9. The van der Waals surface area contributed by atoms with Crippen molar-refractivity contribution in [1.29, 1.82) is 0 Å².